The van der Waals surface area contributed by atoms with Gasteiger partial charge in [-0.25, -0.2) is 9.97 Å². The van der Waals surface area contributed by atoms with Crippen molar-refractivity contribution in [3.05, 3.63) is 41.8 Å². The molecule has 2 heterocycles. The summed E-state index contributed by atoms with van der Waals surface area (Å²) in [6, 6.07) is 12.1. The van der Waals surface area contributed by atoms with Crippen molar-refractivity contribution in [2.75, 3.05) is 19.0 Å². The third-order valence-electron chi connectivity index (χ3n) is 3.30. The van der Waals surface area contributed by atoms with E-state index in [0.29, 0.717) is 6.54 Å². The van der Waals surface area contributed by atoms with Gasteiger partial charge in [-0.15, -0.1) is 11.3 Å². The van der Waals surface area contributed by atoms with E-state index in [1.165, 1.54) is 0 Å². The summed E-state index contributed by atoms with van der Waals surface area (Å²) in [6.07, 6.45) is 0.129. The first kappa shape index (κ1) is 14.0. The minimum atomic E-state index is 0.129. The number of nitrogens with zero attached hydrogens (tertiary/aromatic N) is 2. The summed E-state index contributed by atoms with van der Waals surface area (Å²) < 4.78 is 5.28. The molecular weight excluding hydrogens is 282 g/mol. The van der Waals surface area contributed by atoms with Crippen LogP contribution in [0.15, 0.2) is 41.8 Å². The Bertz CT molecular complexity index is 727. The van der Waals surface area contributed by atoms with Crippen molar-refractivity contribution < 1.29 is 4.74 Å². The minimum absolute atomic E-state index is 0.129. The van der Waals surface area contributed by atoms with Gasteiger partial charge in [-0.05, 0) is 30.5 Å². The summed E-state index contributed by atoms with van der Waals surface area (Å²) in [5.74, 6) is 1.61. The number of hydrogen-bond donors (Lipinski definition) is 1. The first-order chi connectivity index (χ1) is 10.3. The SMILES string of the molecule is COC(C)CNc1nc(-c2cccs2)nc2ccccc12. The number of aromatic nitrogens is 2. The smallest absolute Gasteiger partial charge is 0.172 e. The van der Waals surface area contributed by atoms with Gasteiger partial charge < -0.3 is 10.1 Å². The van der Waals surface area contributed by atoms with Gasteiger partial charge in [0.1, 0.15) is 5.82 Å². The molecule has 5 heteroatoms. The van der Waals surface area contributed by atoms with E-state index in [0.717, 1.165) is 27.4 Å². The summed E-state index contributed by atoms with van der Waals surface area (Å²) in [5, 5.41) is 6.43. The molecule has 0 aliphatic heterocycles. The van der Waals surface area contributed by atoms with Crippen LogP contribution in [0.1, 0.15) is 6.92 Å². The van der Waals surface area contributed by atoms with Crippen LogP contribution in [0.4, 0.5) is 5.82 Å². The van der Waals surface area contributed by atoms with E-state index in [1.807, 2.05) is 48.7 Å². The Morgan fingerprint density at radius 2 is 2.05 bits per heavy atom. The molecule has 3 aromatic rings. The van der Waals surface area contributed by atoms with Crippen LogP contribution < -0.4 is 5.32 Å². The highest BCUT2D eigenvalue weighted by Gasteiger charge is 2.10. The normalized spacial score (nSPS) is 12.5. The molecule has 3 rings (SSSR count). The van der Waals surface area contributed by atoms with Gasteiger partial charge in [0.15, 0.2) is 5.82 Å². The Labute approximate surface area is 127 Å². The van der Waals surface area contributed by atoms with Gasteiger partial charge in [0.25, 0.3) is 0 Å². The molecule has 4 nitrogen and oxygen atoms in total. The van der Waals surface area contributed by atoms with Crippen LogP contribution in [0.25, 0.3) is 21.6 Å². The van der Waals surface area contributed by atoms with Crippen molar-refractivity contribution in [3.8, 4) is 10.7 Å². The molecule has 1 unspecified atom stereocenters. The molecule has 0 saturated carbocycles. The fourth-order valence-electron chi connectivity index (χ4n) is 2.05. The second-order valence-corrected chi connectivity index (χ2v) is 5.77. The number of hydrogen-bond acceptors (Lipinski definition) is 5. The van der Waals surface area contributed by atoms with Crippen molar-refractivity contribution in [1.82, 2.24) is 9.97 Å². The van der Waals surface area contributed by atoms with Crippen LogP contribution in [0.2, 0.25) is 0 Å². The molecule has 0 fully saturated rings. The summed E-state index contributed by atoms with van der Waals surface area (Å²) >= 11 is 1.64. The lowest BCUT2D eigenvalue weighted by atomic mass is 10.2. The molecule has 1 atom stereocenters. The molecule has 0 radical (unpaired) electrons. The lowest BCUT2D eigenvalue weighted by molar-refractivity contribution is 0.128. The summed E-state index contributed by atoms with van der Waals surface area (Å²) in [5.41, 5.74) is 0.948. The predicted molar refractivity (Wildman–Crippen MR) is 87.8 cm³/mol. The lowest BCUT2D eigenvalue weighted by Gasteiger charge is -2.13. The van der Waals surface area contributed by atoms with Gasteiger partial charge in [0.2, 0.25) is 0 Å². The Balaban J connectivity index is 2.03. The third kappa shape index (κ3) is 3.04. The monoisotopic (exact) mass is 299 g/mol. The van der Waals surface area contributed by atoms with Crippen molar-refractivity contribution in [3.63, 3.8) is 0 Å². The van der Waals surface area contributed by atoms with Crippen LogP contribution in [0.5, 0.6) is 0 Å². The molecule has 108 valence electrons. The highest BCUT2D eigenvalue weighted by Crippen LogP contribution is 2.27. The number of nitrogens with one attached hydrogen (secondary N) is 1. The number of anilines is 1. The van der Waals surface area contributed by atoms with E-state index in [1.54, 1.807) is 18.4 Å². The highest BCUT2D eigenvalue weighted by atomic mass is 32.1. The lowest BCUT2D eigenvalue weighted by Crippen LogP contribution is -2.19. The topological polar surface area (TPSA) is 47.0 Å². The molecule has 2 aromatic heterocycles. The Hall–Kier alpha value is -1.98. The average Bonchev–Trinajstić information content (AvgIpc) is 3.06. The molecule has 0 spiro atoms. The molecule has 0 aliphatic rings. The van der Waals surface area contributed by atoms with Crippen LogP contribution in [0.3, 0.4) is 0 Å². The van der Waals surface area contributed by atoms with Crippen LogP contribution in [-0.2, 0) is 4.74 Å². The van der Waals surface area contributed by atoms with Gasteiger partial charge in [-0.3, -0.25) is 0 Å². The minimum Gasteiger partial charge on any atom is -0.380 e. The van der Waals surface area contributed by atoms with Gasteiger partial charge >= 0.3 is 0 Å². The molecule has 1 aromatic carbocycles. The Morgan fingerprint density at radius 1 is 1.19 bits per heavy atom. The number of fused-ring (bicyclic) bond motifs is 1. The zero-order valence-corrected chi connectivity index (χ0v) is 12.9. The van der Waals surface area contributed by atoms with Crippen LogP contribution in [0, 0.1) is 0 Å². The second-order valence-electron chi connectivity index (χ2n) is 4.82. The van der Waals surface area contributed by atoms with Crippen LogP contribution >= 0.6 is 11.3 Å². The zero-order valence-electron chi connectivity index (χ0n) is 12.0. The van der Waals surface area contributed by atoms with Crippen molar-refractivity contribution >= 4 is 28.1 Å². The Kier molecular flexibility index (Phi) is 4.13. The van der Waals surface area contributed by atoms with Crippen molar-refractivity contribution in [2.45, 2.75) is 13.0 Å². The van der Waals surface area contributed by atoms with E-state index in [2.05, 4.69) is 15.3 Å². The van der Waals surface area contributed by atoms with E-state index >= 15 is 0 Å². The van der Waals surface area contributed by atoms with E-state index < -0.39 is 0 Å². The van der Waals surface area contributed by atoms with Crippen molar-refractivity contribution in [2.24, 2.45) is 0 Å². The third-order valence-corrected chi connectivity index (χ3v) is 4.17. The molecule has 0 saturated heterocycles. The molecule has 0 aliphatic carbocycles. The highest BCUT2D eigenvalue weighted by molar-refractivity contribution is 7.13. The first-order valence-corrected chi connectivity index (χ1v) is 7.73. The number of ether oxygens (including phenoxy) is 1. The van der Waals surface area contributed by atoms with Gasteiger partial charge in [0.05, 0.1) is 16.5 Å². The Morgan fingerprint density at radius 3 is 2.81 bits per heavy atom. The number of benzene rings is 1. The molecular formula is C16H17N3OS. The van der Waals surface area contributed by atoms with Gasteiger partial charge in [0, 0.05) is 19.0 Å². The number of rotatable bonds is 5. The number of thiophene rings is 1. The predicted octanol–water partition coefficient (Wildman–Crippen LogP) is 3.81. The molecule has 0 amide bonds. The van der Waals surface area contributed by atoms with Crippen LogP contribution in [-0.4, -0.2) is 29.7 Å². The van der Waals surface area contributed by atoms with E-state index in [4.69, 9.17) is 4.74 Å². The summed E-state index contributed by atoms with van der Waals surface area (Å²) in [6.45, 7) is 2.73. The van der Waals surface area contributed by atoms with E-state index in [9.17, 15) is 0 Å². The largest absolute Gasteiger partial charge is 0.380 e. The summed E-state index contributed by atoms with van der Waals surface area (Å²) in [4.78, 5) is 10.4. The van der Waals surface area contributed by atoms with Crippen molar-refractivity contribution in [1.29, 1.82) is 0 Å². The maximum absolute atomic E-state index is 5.28. The zero-order chi connectivity index (χ0) is 14.7. The average molecular weight is 299 g/mol. The standard InChI is InChI=1S/C16H17N3OS/c1-11(20-2)10-17-15-12-6-3-4-7-13(12)18-16(19-15)14-8-5-9-21-14/h3-9,11H,10H2,1-2H3,(H,17,18,19). The molecule has 0 bridgehead atoms. The molecule has 1 N–H and O–H groups in total. The van der Waals surface area contributed by atoms with Gasteiger partial charge in [-0.2, -0.15) is 0 Å². The fraction of sp³-hybridized carbons (Fsp3) is 0.250. The number of para-hydroxylation sites is 1. The first-order valence-electron chi connectivity index (χ1n) is 6.85. The molecule has 21 heavy (non-hydrogen) atoms. The van der Waals surface area contributed by atoms with Gasteiger partial charge in [-0.1, -0.05) is 18.2 Å². The maximum Gasteiger partial charge on any atom is 0.172 e. The number of methoxy groups -OCH3 is 1. The fourth-order valence-corrected chi connectivity index (χ4v) is 2.71. The second kappa shape index (κ2) is 6.20. The summed E-state index contributed by atoms with van der Waals surface area (Å²) in [7, 11) is 1.71. The van der Waals surface area contributed by atoms with E-state index in [-0.39, 0.29) is 6.10 Å². The maximum atomic E-state index is 5.28. The quantitative estimate of drug-likeness (QED) is 0.778.